The predicted molar refractivity (Wildman–Crippen MR) is 112 cm³/mol. The number of hydrogen-bond donors (Lipinski definition) is 2. The first-order chi connectivity index (χ1) is 12.5. The van der Waals surface area contributed by atoms with Gasteiger partial charge in [0.05, 0.1) is 12.6 Å². The molecule has 0 saturated heterocycles. The van der Waals surface area contributed by atoms with E-state index < -0.39 is 0 Å². The third-order valence-corrected chi connectivity index (χ3v) is 4.59. The second kappa shape index (κ2) is 8.34. The molecule has 1 aromatic heterocycles. The van der Waals surface area contributed by atoms with E-state index in [0.29, 0.717) is 11.7 Å². The van der Waals surface area contributed by atoms with Gasteiger partial charge in [-0.25, -0.2) is 0 Å². The summed E-state index contributed by atoms with van der Waals surface area (Å²) in [6.45, 7) is 4.79. The zero-order valence-corrected chi connectivity index (χ0v) is 16.3. The minimum absolute atomic E-state index is 0.119. The molecule has 6 heteroatoms. The molecule has 26 heavy (non-hydrogen) atoms. The minimum atomic E-state index is 0.119. The Morgan fingerprint density at radius 1 is 1.15 bits per heavy atom. The van der Waals surface area contributed by atoms with Gasteiger partial charge < -0.3 is 10.6 Å². The highest BCUT2D eigenvalue weighted by Gasteiger charge is 2.09. The number of benzene rings is 2. The Bertz CT molecular complexity index is 875. The monoisotopic (exact) mass is 384 g/mol. The summed E-state index contributed by atoms with van der Waals surface area (Å²) in [6, 6.07) is 20.1. The van der Waals surface area contributed by atoms with Crippen LogP contribution in [0, 0.1) is 6.92 Å². The minimum Gasteiger partial charge on any atom is -0.356 e. The summed E-state index contributed by atoms with van der Waals surface area (Å²) >= 11 is 11.4. The first-order valence-corrected chi connectivity index (χ1v) is 9.21. The fourth-order valence-corrected chi connectivity index (χ4v) is 3.08. The van der Waals surface area contributed by atoms with Crippen molar-refractivity contribution >= 4 is 34.7 Å². The number of anilines is 1. The Morgan fingerprint density at radius 3 is 2.54 bits per heavy atom. The largest absolute Gasteiger partial charge is 0.356 e. The van der Waals surface area contributed by atoms with Crippen LogP contribution in [-0.4, -0.2) is 14.9 Å². The normalized spacial score (nSPS) is 11.8. The van der Waals surface area contributed by atoms with Crippen molar-refractivity contribution in [3.8, 4) is 0 Å². The van der Waals surface area contributed by atoms with Crippen molar-refractivity contribution in [3.05, 3.63) is 82.5 Å². The molecule has 2 aromatic carbocycles. The molecule has 1 unspecified atom stereocenters. The summed E-state index contributed by atoms with van der Waals surface area (Å²) < 4.78 is 1.94. The molecule has 0 spiro atoms. The summed E-state index contributed by atoms with van der Waals surface area (Å²) in [7, 11) is 0. The van der Waals surface area contributed by atoms with Crippen LogP contribution < -0.4 is 10.6 Å². The first kappa shape index (κ1) is 18.4. The van der Waals surface area contributed by atoms with Gasteiger partial charge in [0.2, 0.25) is 0 Å². The van der Waals surface area contributed by atoms with Gasteiger partial charge in [-0.2, -0.15) is 5.10 Å². The smallest absolute Gasteiger partial charge is 0.172 e. The van der Waals surface area contributed by atoms with Crippen molar-refractivity contribution in [2.24, 2.45) is 0 Å². The summed E-state index contributed by atoms with van der Waals surface area (Å²) in [5, 5.41) is 12.3. The van der Waals surface area contributed by atoms with Crippen molar-refractivity contribution in [2.75, 3.05) is 5.32 Å². The Morgan fingerprint density at radius 2 is 1.85 bits per heavy atom. The fraction of sp³-hybridized carbons (Fsp3) is 0.200. The van der Waals surface area contributed by atoms with Crippen molar-refractivity contribution < 1.29 is 0 Å². The lowest BCUT2D eigenvalue weighted by atomic mass is 10.1. The van der Waals surface area contributed by atoms with Gasteiger partial charge in [-0.15, -0.1) is 0 Å². The van der Waals surface area contributed by atoms with Crippen LogP contribution in [0.4, 0.5) is 5.82 Å². The van der Waals surface area contributed by atoms with E-state index in [1.807, 2.05) is 60.1 Å². The number of thiocarbonyl (C=S) groups is 1. The average molecular weight is 385 g/mol. The molecule has 4 nitrogen and oxygen atoms in total. The maximum absolute atomic E-state index is 5.94. The van der Waals surface area contributed by atoms with Crippen LogP contribution in [0.15, 0.2) is 60.7 Å². The Labute approximate surface area is 164 Å². The maximum atomic E-state index is 5.94. The summed E-state index contributed by atoms with van der Waals surface area (Å²) in [5.74, 6) is 0.731. The van der Waals surface area contributed by atoms with E-state index in [2.05, 4.69) is 34.8 Å². The Kier molecular flexibility index (Phi) is 5.91. The first-order valence-electron chi connectivity index (χ1n) is 8.42. The highest BCUT2D eigenvalue weighted by atomic mass is 35.5. The van der Waals surface area contributed by atoms with Crippen molar-refractivity contribution in [3.63, 3.8) is 0 Å². The van der Waals surface area contributed by atoms with E-state index in [4.69, 9.17) is 23.8 Å². The third kappa shape index (κ3) is 4.84. The van der Waals surface area contributed by atoms with Gasteiger partial charge in [0, 0.05) is 16.8 Å². The van der Waals surface area contributed by atoms with E-state index in [1.54, 1.807) is 0 Å². The van der Waals surface area contributed by atoms with Crippen LogP contribution in [-0.2, 0) is 6.54 Å². The van der Waals surface area contributed by atoms with Gasteiger partial charge in [0.25, 0.3) is 0 Å². The van der Waals surface area contributed by atoms with Crippen LogP contribution in [0.1, 0.15) is 29.8 Å². The zero-order chi connectivity index (χ0) is 18.5. The lowest BCUT2D eigenvalue weighted by molar-refractivity contribution is 0.667. The van der Waals surface area contributed by atoms with Crippen LogP contribution in [0.2, 0.25) is 5.02 Å². The quantitative estimate of drug-likeness (QED) is 0.611. The van der Waals surface area contributed by atoms with E-state index in [9.17, 15) is 0 Å². The topological polar surface area (TPSA) is 41.9 Å². The summed E-state index contributed by atoms with van der Waals surface area (Å²) in [4.78, 5) is 0. The summed E-state index contributed by atoms with van der Waals surface area (Å²) in [6.07, 6.45) is 0. The number of halogens is 1. The molecular weight excluding hydrogens is 364 g/mol. The van der Waals surface area contributed by atoms with Crippen LogP contribution in [0.5, 0.6) is 0 Å². The molecule has 1 atom stereocenters. The van der Waals surface area contributed by atoms with Crippen LogP contribution >= 0.6 is 23.8 Å². The molecular formula is C20H21ClN4S. The van der Waals surface area contributed by atoms with Crippen LogP contribution in [0.3, 0.4) is 0 Å². The standard InChI is InChI=1S/C20H21ClN4S/c1-14-12-19(24-25(14)13-16-8-10-18(21)11-9-16)23-20(26)22-15(2)17-6-4-3-5-7-17/h3-12,15H,13H2,1-2H3,(H2,22,23,24,26). The Balaban J connectivity index is 1.61. The summed E-state index contributed by atoms with van der Waals surface area (Å²) in [5.41, 5.74) is 3.38. The Hall–Kier alpha value is -2.37. The molecule has 0 aliphatic carbocycles. The van der Waals surface area contributed by atoms with Gasteiger partial charge in [0.15, 0.2) is 10.9 Å². The maximum Gasteiger partial charge on any atom is 0.172 e. The number of rotatable bonds is 5. The average Bonchev–Trinajstić information content (AvgIpc) is 2.96. The number of nitrogens with zero attached hydrogens (tertiary/aromatic N) is 2. The van der Waals surface area contributed by atoms with Crippen molar-refractivity contribution in [2.45, 2.75) is 26.4 Å². The molecule has 0 bridgehead atoms. The number of nitrogens with one attached hydrogen (secondary N) is 2. The number of aryl methyl sites for hydroxylation is 1. The predicted octanol–water partition coefficient (Wildman–Crippen LogP) is 4.94. The lowest BCUT2D eigenvalue weighted by Gasteiger charge is -2.16. The molecule has 0 aliphatic rings. The fourth-order valence-electron chi connectivity index (χ4n) is 2.67. The van der Waals surface area contributed by atoms with Gasteiger partial charge >= 0.3 is 0 Å². The van der Waals surface area contributed by atoms with Gasteiger partial charge in [-0.05, 0) is 49.3 Å². The number of hydrogen-bond acceptors (Lipinski definition) is 2. The van der Waals surface area contributed by atoms with Gasteiger partial charge in [-0.3, -0.25) is 4.68 Å². The molecule has 0 radical (unpaired) electrons. The highest BCUT2D eigenvalue weighted by molar-refractivity contribution is 7.80. The third-order valence-electron chi connectivity index (χ3n) is 4.12. The van der Waals surface area contributed by atoms with Crippen LogP contribution in [0.25, 0.3) is 0 Å². The molecule has 0 aliphatic heterocycles. The molecule has 3 rings (SSSR count). The van der Waals surface area contributed by atoms with Gasteiger partial charge in [0.1, 0.15) is 0 Å². The van der Waals surface area contributed by atoms with Crippen molar-refractivity contribution in [1.82, 2.24) is 15.1 Å². The molecule has 2 N–H and O–H groups in total. The SMILES string of the molecule is Cc1cc(NC(=S)NC(C)c2ccccc2)nn1Cc1ccc(Cl)cc1. The lowest BCUT2D eigenvalue weighted by Crippen LogP contribution is -2.31. The molecule has 0 fully saturated rings. The van der Waals surface area contributed by atoms with E-state index in [0.717, 1.165) is 22.1 Å². The molecule has 1 heterocycles. The second-order valence-electron chi connectivity index (χ2n) is 6.19. The number of aromatic nitrogens is 2. The molecule has 0 amide bonds. The molecule has 3 aromatic rings. The van der Waals surface area contributed by atoms with E-state index >= 15 is 0 Å². The highest BCUT2D eigenvalue weighted by Crippen LogP contribution is 2.15. The van der Waals surface area contributed by atoms with Crippen molar-refractivity contribution in [1.29, 1.82) is 0 Å². The van der Waals surface area contributed by atoms with E-state index in [-0.39, 0.29) is 6.04 Å². The van der Waals surface area contributed by atoms with Gasteiger partial charge in [-0.1, -0.05) is 54.1 Å². The molecule has 134 valence electrons. The zero-order valence-electron chi connectivity index (χ0n) is 14.7. The molecule has 0 saturated carbocycles. The second-order valence-corrected chi connectivity index (χ2v) is 7.03. The van der Waals surface area contributed by atoms with E-state index in [1.165, 1.54) is 5.56 Å².